The summed E-state index contributed by atoms with van der Waals surface area (Å²) in [5.41, 5.74) is 0.525. The summed E-state index contributed by atoms with van der Waals surface area (Å²) in [4.78, 5) is 59.5. The Kier molecular flexibility index (Phi) is 9.68. The van der Waals surface area contributed by atoms with Crippen LogP contribution in [-0.4, -0.2) is 89.9 Å². The van der Waals surface area contributed by atoms with Crippen molar-refractivity contribution >= 4 is 23.9 Å². The van der Waals surface area contributed by atoms with Crippen molar-refractivity contribution in [3.05, 3.63) is 35.9 Å². The van der Waals surface area contributed by atoms with Gasteiger partial charge in [-0.3, -0.25) is 14.4 Å². The second-order valence-corrected chi connectivity index (χ2v) is 11.5. The van der Waals surface area contributed by atoms with Gasteiger partial charge in [-0.15, -0.1) is 5.06 Å². The first-order valence-electron chi connectivity index (χ1n) is 14.3. The largest absolute Gasteiger partial charge is 0.448 e. The standard InChI is InChI=1S/C29H42N4O7/c1-5-6-13-22(25(35)26-33(40-26)20(2)21-11-8-7-9-12-21)30-27(36)39-23-18-32(19-29(23,3)4)28(37)38-17-16-31-15-10-14-24(31)34/h7-9,11-12,20,22-23,26H,5-6,10,13-19H2,1-4H3,(H,30,36)/t20-,22?,23-,26?,33?/m1/s1. The second kappa shape index (κ2) is 13.0. The first kappa shape index (κ1) is 29.8. The van der Waals surface area contributed by atoms with Crippen LogP contribution in [0, 0.1) is 5.41 Å². The molecule has 3 heterocycles. The van der Waals surface area contributed by atoms with E-state index in [1.165, 1.54) is 4.90 Å². The molecule has 11 nitrogen and oxygen atoms in total. The van der Waals surface area contributed by atoms with Gasteiger partial charge in [0, 0.05) is 24.9 Å². The molecule has 3 amide bonds. The van der Waals surface area contributed by atoms with E-state index >= 15 is 0 Å². The molecule has 3 unspecified atom stereocenters. The molecule has 3 fully saturated rings. The van der Waals surface area contributed by atoms with Crippen molar-refractivity contribution in [1.82, 2.24) is 20.2 Å². The van der Waals surface area contributed by atoms with Gasteiger partial charge < -0.3 is 24.6 Å². The lowest BCUT2D eigenvalue weighted by Gasteiger charge is -2.26. The van der Waals surface area contributed by atoms with Gasteiger partial charge in [-0.1, -0.05) is 63.9 Å². The third-order valence-corrected chi connectivity index (χ3v) is 7.92. The van der Waals surface area contributed by atoms with E-state index in [0.29, 0.717) is 32.5 Å². The van der Waals surface area contributed by atoms with Crippen LogP contribution in [0.3, 0.4) is 0 Å². The zero-order chi connectivity index (χ0) is 28.9. The van der Waals surface area contributed by atoms with E-state index in [9.17, 15) is 19.2 Å². The maximum atomic E-state index is 13.3. The van der Waals surface area contributed by atoms with Gasteiger partial charge in [-0.05, 0) is 25.3 Å². The molecule has 0 saturated carbocycles. The number of hydroxylamine groups is 2. The van der Waals surface area contributed by atoms with E-state index in [0.717, 1.165) is 24.8 Å². The molecule has 1 aromatic rings. The van der Waals surface area contributed by atoms with Crippen LogP contribution in [0.1, 0.15) is 71.4 Å². The van der Waals surface area contributed by atoms with E-state index < -0.39 is 36.0 Å². The summed E-state index contributed by atoms with van der Waals surface area (Å²) in [6, 6.07) is 8.93. The lowest BCUT2D eigenvalue weighted by molar-refractivity contribution is -0.128. The molecule has 3 aliphatic rings. The number of ketones is 1. The molecule has 11 heteroatoms. The Morgan fingerprint density at radius 1 is 1.20 bits per heavy atom. The number of benzene rings is 1. The monoisotopic (exact) mass is 558 g/mol. The minimum atomic E-state index is -0.746. The van der Waals surface area contributed by atoms with Crippen LogP contribution in [-0.2, 0) is 23.9 Å². The number of Topliss-reactive ketones (excluding diaryl/α,β-unsaturated/α-hetero) is 1. The average Bonchev–Trinajstić information content (AvgIpc) is 3.54. The Labute approximate surface area is 236 Å². The minimum absolute atomic E-state index is 0.0835. The third-order valence-electron chi connectivity index (χ3n) is 7.92. The highest BCUT2D eigenvalue weighted by Crippen LogP contribution is 2.35. The number of likely N-dealkylation sites (tertiary alicyclic amines) is 2. The summed E-state index contributed by atoms with van der Waals surface area (Å²) in [5, 5.41) is 4.41. The number of hydrogen-bond acceptors (Lipinski definition) is 8. The van der Waals surface area contributed by atoms with Crippen molar-refractivity contribution in [1.29, 1.82) is 0 Å². The number of nitrogens with zero attached hydrogens (tertiary/aromatic N) is 3. The fourth-order valence-corrected chi connectivity index (χ4v) is 5.33. The van der Waals surface area contributed by atoms with Crippen molar-refractivity contribution in [2.75, 3.05) is 32.8 Å². The van der Waals surface area contributed by atoms with E-state index in [-0.39, 0.29) is 30.9 Å². The average molecular weight is 559 g/mol. The molecule has 5 atom stereocenters. The van der Waals surface area contributed by atoms with Crippen LogP contribution in [0.15, 0.2) is 30.3 Å². The van der Waals surface area contributed by atoms with Gasteiger partial charge in [-0.25, -0.2) is 9.59 Å². The number of alkyl carbamates (subject to hydrolysis) is 1. The number of hydrogen-bond donors (Lipinski definition) is 1. The maximum absolute atomic E-state index is 13.3. The van der Waals surface area contributed by atoms with E-state index in [1.54, 1.807) is 9.96 Å². The van der Waals surface area contributed by atoms with Gasteiger partial charge in [0.05, 0.1) is 25.2 Å². The lowest BCUT2D eigenvalue weighted by Crippen LogP contribution is -2.46. The van der Waals surface area contributed by atoms with Gasteiger partial charge in [0.2, 0.25) is 17.9 Å². The van der Waals surface area contributed by atoms with Crippen molar-refractivity contribution in [2.45, 2.75) is 84.2 Å². The Bertz CT molecular complexity index is 1070. The fourth-order valence-electron chi connectivity index (χ4n) is 5.33. The smallest absolute Gasteiger partial charge is 0.409 e. The summed E-state index contributed by atoms with van der Waals surface area (Å²) in [7, 11) is 0. The normalized spacial score (nSPS) is 24.9. The van der Waals surface area contributed by atoms with Crippen LogP contribution < -0.4 is 5.32 Å². The molecular formula is C29H42N4O7. The highest BCUT2D eigenvalue weighted by atomic mass is 16.8. The Balaban J connectivity index is 1.27. The topological polar surface area (TPSA) is 121 Å². The first-order chi connectivity index (χ1) is 19.1. The minimum Gasteiger partial charge on any atom is -0.448 e. The van der Waals surface area contributed by atoms with Crippen LogP contribution in [0.4, 0.5) is 9.59 Å². The zero-order valence-electron chi connectivity index (χ0n) is 24.0. The second-order valence-electron chi connectivity index (χ2n) is 11.5. The first-order valence-corrected chi connectivity index (χ1v) is 14.3. The summed E-state index contributed by atoms with van der Waals surface area (Å²) in [5.74, 6) is -0.124. The Morgan fingerprint density at radius 3 is 2.62 bits per heavy atom. The quantitative estimate of drug-likeness (QED) is 0.386. The van der Waals surface area contributed by atoms with Crippen molar-refractivity contribution in [3.63, 3.8) is 0 Å². The van der Waals surface area contributed by atoms with Gasteiger partial charge >= 0.3 is 12.2 Å². The number of rotatable bonds is 12. The number of carbonyl (C=O) groups excluding carboxylic acids is 4. The molecule has 4 rings (SSSR count). The molecule has 3 aliphatic heterocycles. The van der Waals surface area contributed by atoms with E-state index in [1.807, 2.05) is 58.0 Å². The van der Waals surface area contributed by atoms with Crippen LogP contribution >= 0.6 is 0 Å². The highest BCUT2D eigenvalue weighted by Gasteiger charge is 2.49. The fraction of sp³-hybridized carbons (Fsp3) is 0.655. The number of amides is 3. The zero-order valence-corrected chi connectivity index (χ0v) is 24.0. The SMILES string of the molecule is CCCCC(NC(=O)O[C@@H]1CN(C(=O)OCCN2CCCC2=O)CC1(C)C)C(=O)C1ON1[C@H](C)c1ccccc1. The predicted octanol–water partition coefficient (Wildman–Crippen LogP) is 3.64. The number of unbranched alkanes of at least 4 members (excludes halogenated alkanes) is 1. The summed E-state index contributed by atoms with van der Waals surface area (Å²) in [6.07, 6.45) is 0.986. The molecule has 0 spiro atoms. The molecule has 0 aliphatic carbocycles. The molecule has 0 bridgehead atoms. The van der Waals surface area contributed by atoms with E-state index in [2.05, 4.69) is 5.32 Å². The number of carbonyl (C=O) groups is 4. The van der Waals surface area contributed by atoms with E-state index in [4.69, 9.17) is 14.3 Å². The van der Waals surface area contributed by atoms with Gasteiger partial charge in [-0.2, -0.15) is 0 Å². The molecule has 1 N–H and O–H groups in total. The molecule has 3 saturated heterocycles. The van der Waals surface area contributed by atoms with Crippen LogP contribution in [0.5, 0.6) is 0 Å². The van der Waals surface area contributed by atoms with Crippen molar-refractivity contribution < 1.29 is 33.5 Å². The van der Waals surface area contributed by atoms with Crippen molar-refractivity contribution in [2.24, 2.45) is 5.41 Å². The lowest BCUT2D eigenvalue weighted by atomic mass is 9.90. The molecular weight excluding hydrogens is 516 g/mol. The van der Waals surface area contributed by atoms with Gasteiger partial charge in [0.25, 0.3) is 0 Å². The van der Waals surface area contributed by atoms with Crippen LogP contribution in [0.2, 0.25) is 0 Å². The molecule has 0 aromatic heterocycles. The third kappa shape index (κ3) is 7.31. The Hall–Kier alpha value is -3.18. The summed E-state index contributed by atoms with van der Waals surface area (Å²) < 4.78 is 11.1. The number of ether oxygens (including phenoxy) is 2. The number of nitrogens with one attached hydrogen (secondary N) is 1. The van der Waals surface area contributed by atoms with Crippen molar-refractivity contribution in [3.8, 4) is 0 Å². The summed E-state index contributed by atoms with van der Waals surface area (Å²) in [6.45, 7) is 9.56. The highest BCUT2D eigenvalue weighted by molar-refractivity contribution is 5.91. The Morgan fingerprint density at radius 2 is 1.95 bits per heavy atom. The molecule has 1 aromatic carbocycles. The van der Waals surface area contributed by atoms with Gasteiger partial charge in [0.15, 0.2) is 0 Å². The molecule has 40 heavy (non-hydrogen) atoms. The maximum Gasteiger partial charge on any atom is 0.409 e. The van der Waals surface area contributed by atoms with Crippen LogP contribution in [0.25, 0.3) is 0 Å². The predicted molar refractivity (Wildman–Crippen MR) is 146 cm³/mol. The van der Waals surface area contributed by atoms with Gasteiger partial charge in [0.1, 0.15) is 12.7 Å². The summed E-state index contributed by atoms with van der Waals surface area (Å²) >= 11 is 0. The molecule has 0 radical (unpaired) electrons. The molecule has 220 valence electrons.